The Balaban J connectivity index is 1.39. The van der Waals surface area contributed by atoms with Crippen molar-refractivity contribution < 1.29 is 9.59 Å². The van der Waals surface area contributed by atoms with Crippen LogP contribution in [0.5, 0.6) is 0 Å². The fourth-order valence-corrected chi connectivity index (χ4v) is 4.06. The topological polar surface area (TPSA) is 55.9 Å². The van der Waals surface area contributed by atoms with Crippen molar-refractivity contribution in [2.45, 2.75) is 45.1 Å². The van der Waals surface area contributed by atoms with E-state index in [-0.39, 0.29) is 18.0 Å². The average molecular weight is 348 g/mol. The van der Waals surface area contributed by atoms with Gasteiger partial charge < -0.3 is 15.1 Å². The lowest BCUT2D eigenvalue weighted by molar-refractivity contribution is -0.135. The van der Waals surface area contributed by atoms with Gasteiger partial charge in [0, 0.05) is 45.8 Å². The molecule has 0 saturated carbocycles. The van der Waals surface area contributed by atoms with Crippen molar-refractivity contribution in [3.8, 4) is 0 Å². The Hall–Kier alpha value is -1.56. The summed E-state index contributed by atoms with van der Waals surface area (Å²) in [5.74, 6) is 0.828. The van der Waals surface area contributed by atoms with Crippen LogP contribution in [0.15, 0.2) is 12.2 Å². The molecule has 1 aliphatic carbocycles. The van der Waals surface area contributed by atoms with Crippen LogP contribution in [-0.2, 0) is 4.79 Å². The van der Waals surface area contributed by atoms with Gasteiger partial charge in [-0.15, -0.1) is 0 Å². The van der Waals surface area contributed by atoms with Crippen LogP contribution in [0, 0.1) is 5.92 Å². The van der Waals surface area contributed by atoms with Gasteiger partial charge in [-0.05, 0) is 44.9 Å². The number of nitrogens with zero attached hydrogens (tertiary/aromatic N) is 3. The van der Waals surface area contributed by atoms with E-state index in [0.717, 1.165) is 58.4 Å². The zero-order chi connectivity index (χ0) is 17.6. The molecule has 3 rings (SSSR count). The maximum absolute atomic E-state index is 12.5. The second-order valence-corrected chi connectivity index (χ2v) is 7.57. The van der Waals surface area contributed by atoms with E-state index in [4.69, 9.17) is 0 Å². The lowest BCUT2D eigenvalue weighted by Crippen LogP contribution is -2.56. The van der Waals surface area contributed by atoms with Crippen LogP contribution in [0.3, 0.4) is 0 Å². The minimum absolute atomic E-state index is 0.0488. The number of allylic oxidation sites excluding steroid dienone is 2. The normalized spacial score (nSPS) is 25.9. The standard InChI is InChI=1S/C19H32N4O2/c1-16(18(24)22-9-5-6-10-22)21-11-13-23(14-12-21)19(25)20-15-17-7-3-2-4-8-17/h2-3,16-17H,4-15H2,1H3,(H,20,25)/t16-,17-/m1/s1. The van der Waals surface area contributed by atoms with Crippen molar-refractivity contribution in [3.05, 3.63) is 12.2 Å². The van der Waals surface area contributed by atoms with Crippen LogP contribution in [0.25, 0.3) is 0 Å². The number of carbonyl (C=O) groups is 2. The van der Waals surface area contributed by atoms with Gasteiger partial charge in [-0.1, -0.05) is 12.2 Å². The number of likely N-dealkylation sites (tertiary alicyclic amines) is 1. The van der Waals surface area contributed by atoms with Gasteiger partial charge in [0.25, 0.3) is 0 Å². The third kappa shape index (κ3) is 4.75. The molecule has 0 unspecified atom stereocenters. The highest BCUT2D eigenvalue weighted by Gasteiger charge is 2.31. The van der Waals surface area contributed by atoms with E-state index in [1.807, 2.05) is 16.7 Å². The minimum Gasteiger partial charge on any atom is -0.341 e. The van der Waals surface area contributed by atoms with Crippen LogP contribution in [0.1, 0.15) is 39.0 Å². The van der Waals surface area contributed by atoms with Gasteiger partial charge in [-0.25, -0.2) is 4.79 Å². The Labute approximate surface area is 151 Å². The maximum Gasteiger partial charge on any atom is 0.317 e. The fourth-order valence-electron chi connectivity index (χ4n) is 4.06. The molecule has 2 fully saturated rings. The molecule has 0 spiro atoms. The van der Waals surface area contributed by atoms with Crippen LogP contribution in [0.2, 0.25) is 0 Å². The third-order valence-electron chi connectivity index (χ3n) is 5.84. The molecule has 6 nitrogen and oxygen atoms in total. The van der Waals surface area contributed by atoms with E-state index in [2.05, 4.69) is 22.4 Å². The lowest BCUT2D eigenvalue weighted by Gasteiger charge is -2.38. The number of piperazine rings is 1. The van der Waals surface area contributed by atoms with Crippen molar-refractivity contribution in [2.75, 3.05) is 45.8 Å². The number of hydrogen-bond donors (Lipinski definition) is 1. The highest BCUT2D eigenvalue weighted by molar-refractivity contribution is 5.81. The molecule has 0 aromatic heterocycles. The highest BCUT2D eigenvalue weighted by atomic mass is 16.2. The first-order valence-corrected chi connectivity index (χ1v) is 9.86. The van der Waals surface area contributed by atoms with E-state index in [1.165, 1.54) is 6.42 Å². The van der Waals surface area contributed by atoms with E-state index >= 15 is 0 Å². The Kier molecular flexibility index (Phi) is 6.34. The first-order valence-electron chi connectivity index (χ1n) is 9.86. The fraction of sp³-hybridized carbons (Fsp3) is 0.789. The molecule has 0 aromatic rings. The summed E-state index contributed by atoms with van der Waals surface area (Å²) in [7, 11) is 0. The number of urea groups is 1. The Bertz CT molecular complexity index is 494. The molecule has 2 heterocycles. The van der Waals surface area contributed by atoms with Crippen LogP contribution in [0.4, 0.5) is 4.79 Å². The van der Waals surface area contributed by atoms with Gasteiger partial charge in [0.1, 0.15) is 0 Å². The Morgan fingerprint density at radius 3 is 2.40 bits per heavy atom. The summed E-state index contributed by atoms with van der Waals surface area (Å²) in [4.78, 5) is 31.0. The monoisotopic (exact) mass is 348 g/mol. The van der Waals surface area contributed by atoms with Crippen molar-refractivity contribution in [1.82, 2.24) is 20.0 Å². The summed E-state index contributed by atoms with van der Waals surface area (Å²) in [5.41, 5.74) is 0. The van der Waals surface area contributed by atoms with Crippen LogP contribution >= 0.6 is 0 Å². The molecule has 6 heteroatoms. The van der Waals surface area contributed by atoms with E-state index in [1.54, 1.807) is 0 Å². The van der Waals surface area contributed by atoms with Crippen molar-refractivity contribution in [3.63, 3.8) is 0 Å². The van der Waals surface area contributed by atoms with E-state index in [9.17, 15) is 9.59 Å². The predicted octanol–water partition coefficient (Wildman–Crippen LogP) is 1.68. The molecule has 0 radical (unpaired) electrons. The zero-order valence-corrected chi connectivity index (χ0v) is 15.5. The van der Waals surface area contributed by atoms with Gasteiger partial charge in [0.05, 0.1) is 6.04 Å². The summed E-state index contributed by atoms with van der Waals surface area (Å²) >= 11 is 0. The Morgan fingerprint density at radius 1 is 1.04 bits per heavy atom. The van der Waals surface area contributed by atoms with Crippen molar-refractivity contribution in [1.29, 1.82) is 0 Å². The molecule has 25 heavy (non-hydrogen) atoms. The van der Waals surface area contributed by atoms with Gasteiger partial charge >= 0.3 is 6.03 Å². The maximum atomic E-state index is 12.5. The molecule has 1 N–H and O–H groups in total. The molecule has 0 aromatic carbocycles. The SMILES string of the molecule is C[C@H](C(=O)N1CCCC1)N1CCN(C(=O)NC[C@@H]2CC=CCC2)CC1. The van der Waals surface area contributed by atoms with Gasteiger partial charge in [0.2, 0.25) is 5.91 Å². The summed E-state index contributed by atoms with van der Waals surface area (Å²) in [6.45, 7) is 7.55. The molecule has 3 amide bonds. The van der Waals surface area contributed by atoms with Crippen LogP contribution < -0.4 is 5.32 Å². The molecule has 3 aliphatic rings. The predicted molar refractivity (Wildman–Crippen MR) is 98.3 cm³/mol. The molecule has 2 aliphatic heterocycles. The van der Waals surface area contributed by atoms with Gasteiger partial charge in [-0.3, -0.25) is 9.69 Å². The molecule has 0 bridgehead atoms. The third-order valence-corrected chi connectivity index (χ3v) is 5.84. The van der Waals surface area contributed by atoms with Gasteiger partial charge in [0.15, 0.2) is 0 Å². The first-order chi connectivity index (χ1) is 12.1. The number of nitrogens with one attached hydrogen (secondary N) is 1. The lowest BCUT2D eigenvalue weighted by atomic mass is 9.94. The van der Waals surface area contributed by atoms with Crippen molar-refractivity contribution >= 4 is 11.9 Å². The summed E-state index contributed by atoms with van der Waals surface area (Å²) in [6.07, 6.45) is 10.1. The van der Waals surface area contributed by atoms with Gasteiger partial charge in [-0.2, -0.15) is 0 Å². The summed E-state index contributed by atoms with van der Waals surface area (Å²) < 4.78 is 0. The smallest absolute Gasteiger partial charge is 0.317 e. The van der Waals surface area contributed by atoms with Crippen LogP contribution in [-0.4, -0.2) is 78.5 Å². The molecular weight excluding hydrogens is 316 g/mol. The zero-order valence-electron chi connectivity index (χ0n) is 15.5. The number of carbonyl (C=O) groups excluding carboxylic acids is 2. The minimum atomic E-state index is -0.0719. The molecule has 2 saturated heterocycles. The summed E-state index contributed by atoms with van der Waals surface area (Å²) in [5, 5.41) is 3.09. The number of hydrogen-bond acceptors (Lipinski definition) is 3. The second-order valence-electron chi connectivity index (χ2n) is 7.57. The number of amides is 3. The largest absolute Gasteiger partial charge is 0.341 e. The van der Waals surface area contributed by atoms with E-state index in [0.29, 0.717) is 19.0 Å². The average Bonchev–Trinajstić information content (AvgIpc) is 3.20. The van der Waals surface area contributed by atoms with E-state index < -0.39 is 0 Å². The van der Waals surface area contributed by atoms with Crippen molar-refractivity contribution in [2.24, 2.45) is 5.92 Å². The molecule has 140 valence electrons. The second kappa shape index (κ2) is 8.70. The number of rotatable bonds is 4. The quantitative estimate of drug-likeness (QED) is 0.787. The molecule has 2 atom stereocenters. The first kappa shape index (κ1) is 18.2. The highest BCUT2D eigenvalue weighted by Crippen LogP contribution is 2.17. The summed E-state index contributed by atoms with van der Waals surface area (Å²) in [6, 6.07) is -0.0231. The molecular formula is C19H32N4O2. The Morgan fingerprint density at radius 2 is 1.76 bits per heavy atom.